The molecule has 0 bridgehead atoms. The largest absolute Gasteiger partial charge is 0.373 e. The number of epoxide rings is 1. The molecule has 0 amide bonds. The van der Waals surface area contributed by atoms with Crippen LogP contribution in [0.2, 0.25) is 0 Å². The summed E-state index contributed by atoms with van der Waals surface area (Å²) in [6, 6.07) is 8.38. The van der Waals surface area contributed by atoms with E-state index in [-0.39, 0.29) is 0 Å². The van der Waals surface area contributed by atoms with E-state index < -0.39 is 0 Å². The van der Waals surface area contributed by atoms with E-state index in [4.69, 9.17) is 4.74 Å². The van der Waals surface area contributed by atoms with Gasteiger partial charge in [0, 0.05) is 18.0 Å². The first-order chi connectivity index (χ1) is 7.34. The normalized spacial score (nSPS) is 19.4. The molecule has 1 unspecified atom stereocenters. The third kappa shape index (κ3) is 1.61. The summed E-state index contributed by atoms with van der Waals surface area (Å²) in [4.78, 5) is 4.37. The van der Waals surface area contributed by atoms with Gasteiger partial charge in [0.2, 0.25) is 0 Å². The fraction of sp³-hybridized carbons (Fsp3) is 0.308. The average Bonchev–Trinajstić information content (AvgIpc) is 3.06. The molecule has 1 aliphatic rings. The lowest BCUT2D eigenvalue weighted by Crippen LogP contribution is -1.98. The van der Waals surface area contributed by atoms with Gasteiger partial charge in [-0.3, -0.25) is 4.98 Å². The predicted octanol–water partition coefficient (Wildman–Crippen LogP) is 2.48. The van der Waals surface area contributed by atoms with E-state index in [2.05, 4.69) is 30.1 Å². The van der Waals surface area contributed by atoms with Gasteiger partial charge < -0.3 is 4.74 Å². The lowest BCUT2D eigenvalue weighted by Gasteiger charge is -2.07. The molecule has 2 nitrogen and oxygen atoms in total. The highest BCUT2D eigenvalue weighted by atomic mass is 16.6. The molecule has 1 fully saturated rings. The third-order valence-electron chi connectivity index (χ3n) is 2.97. The Bertz CT molecular complexity index is 503. The number of pyridine rings is 1. The SMILES string of the molecule is Cc1ccc2ncccc2c1CC1CO1. The van der Waals surface area contributed by atoms with Crippen molar-refractivity contribution >= 4 is 10.9 Å². The minimum Gasteiger partial charge on any atom is -0.373 e. The van der Waals surface area contributed by atoms with Gasteiger partial charge in [-0.2, -0.15) is 0 Å². The maximum atomic E-state index is 5.30. The number of hydrogen-bond acceptors (Lipinski definition) is 2. The van der Waals surface area contributed by atoms with Crippen LogP contribution in [-0.2, 0) is 11.2 Å². The van der Waals surface area contributed by atoms with Gasteiger partial charge in [-0.1, -0.05) is 12.1 Å². The second-order valence-electron chi connectivity index (χ2n) is 4.09. The van der Waals surface area contributed by atoms with E-state index >= 15 is 0 Å². The molecular formula is C13H13NO. The van der Waals surface area contributed by atoms with Crippen LogP contribution in [0.3, 0.4) is 0 Å². The summed E-state index contributed by atoms with van der Waals surface area (Å²) in [6.45, 7) is 3.07. The van der Waals surface area contributed by atoms with Crippen molar-refractivity contribution < 1.29 is 4.74 Å². The molecule has 3 rings (SSSR count). The number of rotatable bonds is 2. The maximum Gasteiger partial charge on any atom is 0.0850 e. The van der Waals surface area contributed by atoms with Crippen molar-refractivity contribution in [2.75, 3.05) is 6.61 Å². The van der Waals surface area contributed by atoms with Crippen LogP contribution in [-0.4, -0.2) is 17.7 Å². The Morgan fingerprint density at radius 3 is 3.07 bits per heavy atom. The molecule has 1 aliphatic heterocycles. The molecule has 2 heterocycles. The molecule has 1 aromatic carbocycles. The van der Waals surface area contributed by atoms with Gasteiger partial charge in [-0.05, 0) is 30.2 Å². The van der Waals surface area contributed by atoms with Crippen LogP contribution in [0, 0.1) is 6.92 Å². The minimum atomic E-state index is 0.439. The zero-order valence-electron chi connectivity index (χ0n) is 8.73. The highest BCUT2D eigenvalue weighted by Crippen LogP contribution is 2.25. The van der Waals surface area contributed by atoms with Crippen LogP contribution in [0.5, 0.6) is 0 Å². The summed E-state index contributed by atoms with van der Waals surface area (Å²) >= 11 is 0. The van der Waals surface area contributed by atoms with Gasteiger partial charge in [0.15, 0.2) is 0 Å². The van der Waals surface area contributed by atoms with Crippen molar-refractivity contribution in [3.05, 3.63) is 41.6 Å². The van der Waals surface area contributed by atoms with Crippen molar-refractivity contribution in [2.45, 2.75) is 19.4 Å². The Morgan fingerprint density at radius 2 is 2.27 bits per heavy atom. The number of benzene rings is 1. The Morgan fingerprint density at radius 1 is 1.40 bits per heavy atom. The van der Waals surface area contributed by atoms with Crippen molar-refractivity contribution in [3.63, 3.8) is 0 Å². The average molecular weight is 199 g/mol. The van der Waals surface area contributed by atoms with Crippen molar-refractivity contribution in [3.8, 4) is 0 Å². The van der Waals surface area contributed by atoms with Gasteiger partial charge in [0.25, 0.3) is 0 Å². The Labute approximate surface area is 88.9 Å². The molecule has 0 aliphatic carbocycles. The lowest BCUT2D eigenvalue weighted by molar-refractivity contribution is 0.408. The van der Waals surface area contributed by atoms with Crippen LogP contribution in [0.1, 0.15) is 11.1 Å². The first kappa shape index (κ1) is 8.86. The number of hydrogen-bond donors (Lipinski definition) is 0. The summed E-state index contributed by atoms with van der Waals surface area (Å²) in [6.07, 6.45) is 3.30. The molecule has 0 radical (unpaired) electrons. The highest BCUT2D eigenvalue weighted by molar-refractivity contribution is 5.83. The second kappa shape index (κ2) is 3.31. The molecule has 2 aromatic rings. The first-order valence-corrected chi connectivity index (χ1v) is 5.29. The van der Waals surface area contributed by atoms with E-state index in [1.165, 1.54) is 16.5 Å². The Hall–Kier alpha value is -1.41. The molecular weight excluding hydrogens is 186 g/mol. The first-order valence-electron chi connectivity index (χ1n) is 5.29. The fourth-order valence-corrected chi connectivity index (χ4v) is 2.01. The van der Waals surface area contributed by atoms with Crippen LogP contribution in [0.4, 0.5) is 0 Å². The molecule has 0 N–H and O–H groups in total. The lowest BCUT2D eigenvalue weighted by atomic mass is 9.99. The van der Waals surface area contributed by atoms with Gasteiger partial charge in [-0.25, -0.2) is 0 Å². The highest BCUT2D eigenvalue weighted by Gasteiger charge is 2.24. The summed E-state index contributed by atoms with van der Waals surface area (Å²) in [5.41, 5.74) is 3.81. The number of ether oxygens (including phenoxy) is 1. The molecule has 1 saturated heterocycles. The second-order valence-corrected chi connectivity index (χ2v) is 4.09. The van der Waals surface area contributed by atoms with Crippen LogP contribution in [0.15, 0.2) is 30.5 Å². The van der Waals surface area contributed by atoms with Crippen molar-refractivity contribution in [1.82, 2.24) is 4.98 Å². The summed E-state index contributed by atoms with van der Waals surface area (Å²) < 4.78 is 5.30. The third-order valence-corrected chi connectivity index (χ3v) is 2.97. The van der Waals surface area contributed by atoms with Gasteiger partial charge >= 0.3 is 0 Å². The molecule has 2 heteroatoms. The number of nitrogens with zero attached hydrogens (tertiary/aromatic N) is 1. The van der Waals surface area contributed by atoms with Crippen LogP contribution < -0.4 is 0 Å². The Balaban J connectivity index is 2.18. The van der Waals surface area contributed by atoms with E-state index in [1.807, 2.05) is 12.3 Å². The molecule has 0 spiro atoms. The van der Waals surface area contributed by atoms with Gasteiger partial charge in [0.1, 0.15) is 0 Å². The van der Waals surface area contributed by atoms with E-state index in [0.29, 0.717) is 6.10 Å². The van der Waals surface area contributed by atoms with Crippen LogP contribution in [0.25, 0.3) is 10.9 Å². The van der Waals surface area contributed by atoms with Gasteiger partial charge in [-0.15, -0.1) is 0 Å². The number of fused-ring (bicyclic) bond motifs is 1. The van der Waals surface area contributed by atoms with E-state index in [9.17, 15) is 0 Å². The minimum absolute atomic E-state index is 0.439. The topological polar surface area (TPSA) is 25.4 Å². The molecule has 0 saturated carbocycles. The molecule has 15 heavy (non-hydrogen) atoms. The quantitative estimate of drug-likeness (QED) is 0.694. The van der Waals surface area contributed by atoms with Crippen molar-refractivity contribution in [1.29, 1.82) is 0 Å². The number of aryl methyl sites for hydroxylation is 1. The zero-order valence-corrected chi connectivity index (χ0v) is 8.73. The van der Waals surface area contributed by atoms with Crippen molar-refractivity contribution in [2.24, 2.45) is 0 Å². The zero-order chi connectivity index (χ0) is 10.3. The van der Waals surface area contributed by atoms with Gasteiger partial charge in [0.05, 0.1) is 18.2 Å². The molecule has 76 valence electrons. The summed E-state index contributed by atoms with van der Waals surface area (Å²) in [7, 11) is 0. The standard InChI is InChI=1S/C13H13NO/c1-9-4-5-13-11(3-2-6-14-13)12(9)7-10-8-15-10/h2-6,10H,7-8H2,1H3. The predicted molar refractivity (Wildman–Crippen MR) is 59.9 cm³/mol. The maximum absolute atomic E-state index is 5.30. The summed E-state index contributed by atoms with van der Waals surface area (Å²) in [5.74, 6) is 0. The smallest absolute Gasteiger partial charge is 0.0850 e. The monoisotopic (exact) mass is 199 g/mol. The summed E-state index contributed by atoms with van der Waals surface area (Å²) in [5, 5.41) is 1.27. The van der Waals surface area contributed by atoms with Crippen LogP contribution >= 0.6 is 0 Å². The molecule has 1 aromatic heterocycles. The van der Waals surface area contributed by atoms with E-state index in [0.717, 1.165) is 18.5 Å². The fourth-order valence-electron chi connectivity index (χ4n) is 2.01. The Kier molecular flexibility index (Phi) is 1.96. The molecule has 1 atom stereocenters. The number of aromatic nitrogens is 1. The van der Waals surface area contributed by atoms with E-state index in [1.54, 1.807) is 0 Å².